The van der Waals surface area contributed by atoms with E-state index in [0.717, 1.165) is 48.5 Å². The van der Waals surface area contributed by atoms with Crippen molar-refractivity contribution in [3.63, 3.8) is 0 Å². The lowest BCUT2D eigenvalue weighted by atomic mass is 9.88. The minimum Gasteiger partial charge on any atom is -0.497 e. The molecule has 26 heavy (non-hydrogen) atoms. The number of aryl methyl sites for hydroxylation is 2. The van der Waals surface area contributed by atoms with Crippen molar-refractivity contribution in [3.8, 4) is 5.75 Å². The van der Waals surface area contributed by atoms with Gasteiger partial charge < -0.3 is 15.0 Å². The van der Waals surface area contributed by atoms with Crippen molar-refractivity contribution in [2.75, 3.05) is 20.2 Å². The van der Waals surface area contributed by atoms with Crippen LogP contribution in [0.1, 0.15) is 28.7 Å². The highest BCUT2D eigenvalue weighted by atomic mass is 16.5. The fourth-order valence-electron chi connectivity index (χ4n) is 3.96. The summed E-state index contributed by atoms with van der Waals surface area (Å²) in [6, 6.07) is 14.8. The van der Waals surface area contributed by atoms with Gasteiger partial charge in [-0.05, 0) is 43.0 Å². The van der Waals surface area contributed by atoms with E-state index in [1.165, 1.54) is 16.7 Å². The third-order valence-corrected chi connectivity index (χ3v) is 5.22. The van der Waals surface area contributed by atoms with Crippen LogP contribution in [0.3, 0.4) is 0 Å². The molecule has 134 valence electrons. The predicted octanol–water partition coefficient (Wildman–Crippen LogP) is 3.29. The molecule has 2 aromatic carbocycles. The van der Waals surface area contributed by atoms with E-state index in [0.29, 0.717) is 6.54 Å². The van der Waals surface area contributed by atoms with Gasteiger partial charge in [-0.3, -0.25) is 4.79 Å². The zero-order chi connectivity index (χ0) is 18.1. The van der Waals surface area contributed by atoms with E-state index in [-0.39, 0.29) is 5.91 Å². The fourth-order valence-corrected chi connectivity index (χ4v) is 3.96. The molecule has 0 spiro atoms. The molecule has 0 unspecified atom stereocenters. The number of ether oxygens (including phenoxy) is 1. The van der Waals surface area contributed by atoms with Gasteiger partial charge in [0, 0.05) is 30.8 Å². The van der Waals surface area contributed by atoms with Gasteiger partial charge in [0.05, 0.1) is 12.8 Å². The average molecular weight is 348 g/mol. The molecular weight excluding hydrogens is 324 g/mol. The average Bonchev–Trinajstić information content (AvgIpc) is 2.80. The van der Waals surface area contributed by atoms with Crippen molar-refractivity contribution in [2.45, 2.75) is 26.3 Å². The van der Waals surface area contributed by atoms with Gasteiger partial charge in [0.1, 0.15) is 5.75 Å². The molecule has 4 nitrogen and oxygen atoms in total. The van der Waals surface area contributed by atoms with E-state index < -0.39 is 0 Å². The zero-order valence-electron chi connectivity index (χ0n) is 15.3. The number of methoxy groups -OCH3 is 1. The normalized spacial score (nSPS) is 16.5. The van der Waals surface area contributed by atoms with Crippen LogP contribution in [0, 0.1) is 6.92 Å². The smallest absolute Gasteiger partial charge is 0.249 e. The number of carbonyl (C=O) groups is 1. The number of fused-ring (bicyclic) bond motifs is 2. The first kappa shape index (κ1) is 16.7. The summed E-state index contributed by atoms with van der Waals surface area (Å²) in [6.07, 6.45) is 1.68. The van der Waals surface area contributed by atoms with Gasteiger partial charge in [-0.15, -0.1) is 0 Å². The Morgan fingerprint density at radius 1 is 1.15 bits per heavy atom. The second-order valence-electron chi connectivity index (χ2n) is 7.02. The fraction of sp³-hybridized carbons (Fsp3) is 0.318. The van der Waals surface area contributed by atoms with Crippen LogP contribution in [0.4, 0.5) is 0 Å². The maximum Gasteiger partial charge on any atom is 0.249 e. The molecule has 4 rings (SSSR count). The predicted molar refractivity (Wildman–Crippen MR) is 103 cm³/mol. The summed E-state index contributed by atoms with van der Waals surface area (Å²) in [4.78, 5) is 15.0. The first-order valence-corrected chi connectivity index (χ1v) is 9.15. The molecule has 0 aromatic heterocycles. The molecule has 4 heteroatoms. The van der Waals surface area contributed by atoms with E-state index in [4.69, 9.17) is 4.74 Å². The van der Waals surface area contributed by atoms with Gasteiger partial charge in [-0.1, -0.05) is 35.9 Å². The lowest BCUT2D eigenvalue weighted by Crippen LogP contribution is -2.29. The quantitative estimate of drug-likeness (QED) is 0.925. The van der Waals surface area contributed by atoms with Crippen molar-refractivity contribution in [2.24, 2.45) is 0 Å². The summed E-state index contributed by atoms with van der Waals surface area (Å²) in [7, 11) is 1.68. The van der Waals surface area contributed by atoms with Crippen molar-refractivity contribution in [1.82, 2.24) is 10.2 Å². The molecule has 0 saturated heterocycles. The Balaban J connectivity index is 1.80. The minimum absolute atomic E-state index is 0.0696. The van der Waals surface area contributed by atoms with Gasteiger partial charge in [0.25, 0.3) is 0 Å². The highest BCUT2D eigenvalue weighted by Gasteiger charge is 2.30. The summed E-state index contributed by atoms with van der Waals surface area (Å²) in [5.41, 5.74) is 6.91. The molecule has 0 atom stereocenters. The summed E-state index contributed by atoms with van der Waals surface area (Å²) in [5.74, 6) is 0.901. The highest BCUT2D eigenvalue weighted by molar-refractivity contribution is 6.02. The zero-order valence-corrected chi connectivity index (χ0v) is 15.3. The number of benzene rings is 2. The molecule has 1 amide bonds. The third kappa shape index (κ3) is 3.07. The second kappa shape index (κ2) is 6.87. The van der Waals surface area contributed by atoms with Crippen molar-refractivity contribution in [1.29, 1.82) is 0 Å². The molecule has 0 saturated carbocycles. The summed E-state index contributed by atoms with van der Waals surface area (Å²) >= 11 is 0. The van der Waals surface area contributed by atoms with Gasteiger partial charge in [-0.25, -0.2) is 0 Å². The van der Waals surface area contributed by atoms with Crippen molar-refractivity contribution >= 4 is 11.6 Å². The lowest BCUT2D eigenvalue weighted by Gasteiger charge is -2.31. The number of carbonyl (C=O) groups excluding carboxylic acids is 1. The van der Waals surface area contributed by atoms with Gasteiger partial charge >= 0.3 is 0 Å². The molecule has 0 radical (unpaired) electrons. The van der Waals surface area contributed by atoms with Crippen molar-refractivity contribution in [3.05, 3.63) is 70.3 Å². The summed E-state index contributed by atoms with van der Waals surface area (Å²) < 4.78 is 5.45. The third-order valence-electron chi connectivity index (χ3n) is 5.22. The number of hydrogen-bond donors (Lipinski definition) is 1. The Bertz CT molecular complexity index is 885. The van der Waals surface area contributed by atoms with Gasteiger partial charge in [-0.2, -0.15) is 0 Å². The molecule has 0 fully saturated rings. The van der Waals surface area contributed by atoms with Crippen LogP contribution in [0.2, 0.25) is 0 Å². The topological polar surface area (TPSA) is 41.6 Å². The number of rotatable bonds is 3. The van der Waals surface area contributed by atoms with Crippen LogP contribution in [0.5, 0.6) is 5.75 Å². The van der Waals surface area contributed by atoms with Crippen LogP contribution in [0.25, 0.3) is 5.70 Å². The Labute approximate surface area is 154 Å². The van der Waals surface area contributed by atoms with E-state index in [2.05, 4.69) is 53.5 Å². The Morgan fingerprint density at radius 3 is 2.85 bits per heavy atom. The van der Waals surface area contributed by atoms with Crippen molar-refractivity contribution < 1.29 is 9.53 Å². The minimum atomic E-state index is 0.0696. The van der Waals surface area contributed by atoms with Crippen LogP contribution in [0.15, 0.2) is 48.0 Å². The van der Waals surface area contributed by atoms with E-state index in [9.17, 15) is 4.79 Å². The second-order valence-corrected chi connectivity index (χ2v) is 7.02. The summed E-state index contributed by atoms with van der Waals surface area (Å²) in [6.45, 7) is 4.38. The monoisotopic (exact) mass is 348 g/mol. The number of hydrogen-bond acceptors (Lipinski definition) is 3. The summed E-state index contributed by atoms with van der Waals surface area (Å²) in [5, 5.41) is 3.06. The van der Waals surface area contributed by atoms with Crippen LogP contribution in [-0.4, -0.2) is 31.0 Å². The Morgan fingerprint density at radius 2 is 2.04 bits per heavy atom. The largest absolute Gasteiger partial charge is 0.497 e. The molecule has 1 heterocycles. The molecule has 0 bridgehead atoms. The molecule has 1 N–H and O–H groups in total. The Hall–Kier alpha value is -2.75. The number of nitrogens with one attached hydrogen (secondary N) is 1. The molecule has 2 aliphatic rings. The van der Waals surface area contributed by atoms with E-state index in [1.807, 2.05) is 6.07 Å². The first-order chi connectivity index (χ1) is 12.7. The maximum absolute atomic E-state index is 12.6. The molecular formula is C22H24N2O2. The van der Waals surface area contributed by atoms with Crippen LogP contribution >= 0.6 is 0 Å². The lowest BCUT2D eigenvalue weighted by molar-refractivity contribution is -0.117. The molecule has 1 aliphatic carbocycles. The SMILES string of the molecule is COc1ccc2c(c1)C1=C(CC2)C(=O)NCCN1Cc1cccc(C)c1. The first-order valence-electron chi connectivity index (χ1n) is 9.15. The number of amides is 1. The van der Waals surface area contributed by atoms with E-state index in [1.54, 1.807) is 7.11 Å². The molecule has 1 aliphatic heterocycles. The molecule has 2 aromatic rings. The van der Waals surface area contributed by atoms with E-state index >= 15 is 0 Å². The van der Waals surface area contributed by atoms with Gasteiger partial charge in [0.2, 0.25) is 5.91 Å². The van der Waals surface area contributed by atoms with Crippen LogP contribution < -0.4 is 10.1 Å². The van der Waals surface area contributed by atoms with Crippen LogP contribution in [-0.2, 0) is 17.8 Å². The number of nitrogens with zero attached hydrogens (tertiary/aromatic N) is 1. The maximum atomic E-state index is 12.6. The standard InChI is InChI=1S/C22H24N2O2/c1-15-4-3-5-16(12-15)14-24-11-10-23-22(25)19-9-7-17-6-8-18(26-2)13-20(17)21(19)24/h3-6,8,12-13H,7,9-11,14H2,1-2H3,(H,23,25). The van der Waals surface area contributed by atoms with Gasteiger partial charge in [0.15, 0.2) is 0 Å². The Kier molecular flexibility index (Phi) is 4.41. The highest BCUT2D eigenvalue weighted by Crippen LogP contribution is 2.37.